The van der Waals surface area contributed by atoms with E-state index in [0.717, 1.165) is 5.69 Å². The molecule has 10 heteroatoms. The number of alkyl halides is 3. The highest BCUT2D eigenvalue weighted by Gasteiger charge is 2.34. The predicted molar refractivity (Wildman–Crippen MR) is 113 cm³/mol. The van der Waals surface area contributed by atoms with Crippen molar-refractivity contribution in [1.82, 2.24) is 19.9 Å². The van der Waals surface area contributed by atoms with Crippen LogP contribution in [-0.2, 0) is 9.47 Å². The minimum Gasteiger partial charge on any atom is -0.491 e. The third kappa shape index (κ3) is 6.13. The zero-order valence-electron chi connectivity index (χ0n) is 18.1. The first-order chi connectivity index (χ1) is 15.1. The number of halogens is 3. The molecular formula is C22H25F3N4O3. The van der Waals surface area contributed by atoms with Crippen LogP contribution < -0.4 is 4.74 Å². The van der Waals surface area contributed by atoms with Gasteiger partial charge in [0.05, 0.1) is 18.4 Å². The molecule has 0 aliphatic carbocycles. The summed E-state index contributed by atoms with van der Waals surface area (Å²) in [6.07, 6.45) is 1.52. The lowest BCUT2D eigenvalue weighted by Gasteiger charge is -2.22. The number of rotatable bonds is 8. The monoisotopic (exact) mass is 450 g/mol. The summed E-state index contributed by atoms with van der Waals surface area (Å²) in [6.45, 7) is 10.2. The van der Waals surface area contributed by atoms with Gasteiger partial charge in [-0.2, -0.15) is 0 Å². The lowest BCUT2D eigenvalue weighted by atomic mass is 10.1. The summed E-state index contributed by atoms with van der Waals surface area (Å²) in [5.74, 6) is 0.380. The summed E-state index contributed by atoms with van der Waals surface area (Å²) in [5.41, 5.74) is 1.17. The van der Waals surface area contributed by atoms with Crippen LogP contribution in [0.1, 0.15) is 26.5 Å². The fourth-order valence-corrected chi connectivity index (χ4v) is 3.15. The van der Waals surface area contributed by atoms with E-state index in [1.807, 2.05) is 24.0 Å². The Morgan fingerprint density at radius 3 is 2.62 bits per heavy atom. The van der Waals surface area contributed by atoms with Gasteiger partial charge in [0.15, 0.2) is 0 Å². The Hall–Kier alpha value is -3.27. The zero-order chi connectivity index (χ0) is 23.4. The van der Waals surface area contributed by atoms with E-state index < -0.39 is 12.0 Å². The predicted octanol–water partition coefficient (Wildman–Crippen LogP) is 4.68. The maximum absolute atomic E-state index is 12.4. The van der Waals surface area contributed by atoms with Crippen LogP contribution in [-0.4, -0.2) is 51.7 Å². The summed E-state index contributed by atoms with van der Waals surface area (Å²) in [5, 5.41) is 8.11. The van der Waals surface area contributed by atoms with Gasteiger partial charge in [-0.25, -0.2) is 4.68 Å². The van der Waals surface area contributed by atoms with Crippen LogP contribution >= 0.6 is 0 Å². The lowest BCUT2D eigenvalue weighted by molar-refractivity contribution is -0.305. The van der Waals surface area contributed by atoms with Gasteiger partial charge in [0.1, 0.15) is 36.1 Å². The van der Waals surface area contributed by atoms with Crippen LogP contribution in [0, 0.1) is 0 Å². The largest absolute Gasteiger partial charge is 0.572 e. The molecule has 32 heavy (non-hydrogen) atoms. The molecule has 0 bridgehead atoms. The minimum atomic E-state index is -4.74. The fraction of sp³-hybridized carbons (Fsp3) is 0.364. The van der Waals surface area contributed by atoms with Gasteiger partial charge in [-0.05, 0) is 57.3 Å². The second kappa shape index (κ2) is 9.47. The summed E-state index contributed by atoms with van der Waals surface area (Å²) in [7, 11) is 0. The molecular weight excluding hydrogens is 425 g/mol. The fourth-order valence-electron chi connectivity index (χ4n) is 3.15. The highest BCUT2D eigenvalue weighted by Crippen LogP contribution is 2.25. The average Bonchev–Trinajstić information content (AvgIpc) is 3.37. The molecule has 0 saturated carbocycles. The Bertz CT molecular complexity index is 999. The number of benzene rings is 1. The second-order valence-corrected chi connectivity index (χ2v) is 7.53. The summed E-state index contributed by atoms with van der Waals surface area (Å²) < 4.78 is 54.2. The van der Waals surface area contributed by atoms with Crippen LogP contribution in [0.2, 0.25) is 0 Å². The smallest absolute Gasteiger partial charge is 0.491 e. The molecule has 2 heterocycles. The van der Waals surface area contributed by atoms with Crippen molar-refractivity contribution in [3.8, 4) is 11.4 Å². The number of allylic oxidation sites excluding steroid dienone is 4. The van der Waals surface area contributed by atoms with Crippen LogP contribution in [0.4, 0.5) is 13.2 Å². The van der Waals surface area contributed by atoms with Crippen molar-refractivity contribution < 1.29 is 27.4 Å². The van der Waals surface area contributed by atoms with E-state index in [4.69, 9.17) is 9.47 Å². The van der Waals surface area contributed by atoms with Gasteiger partial charge in [0.2, 0.25) is 0 Å². The quantitative estimate of drug-likeness (QED) is 0.430. The topological polar surface area (TPSA) is 61.6 Å². The minimum absolute atomic E-state index is 0.294. The first-order valence-electron chi connectivity index (χ1n) is 9.88. The molecule has 0 unspecified atom stereocenters. The Kier molecular flexibility index (Phi) is 6.93. The van der Waals surface area contributed by atoms with Crippen molar-refractivity contribution in [1.29, 1.82) is 0 Å². The lowest BCUT2D eigenvalue weighted by Crippen LogP contribution is -2.36. The normalized spacial score (nSPS) is 19.9. The van der Waals surface area contributed by atoms with E-state index in [1.165, 1.54) is 17.7 Å². The third-order valence-electron chi connectivity index (χ3n) is 4.76. The van der Waals surface area contributed by atoms with Gasteiger partial charge in [0.25, 0.3) is 0 Å². The van der Waals surface area contributed by atoms with E-state index in [9.17, 15) is 13.2 Å². The molecule has 1 aromatic heterocycles. The molecule has 1 saturated heterocycles. The Labute approximate surface area is 184 Å². The average molecular weight is 450 g/mol. The Morgan fingerprint density at radius 1 is 1.31 bits per heavy atom. The molecule has 0 amide bonds. The molecule has 0 N–H and O–H groups in total. The third-order valence-corrected chi connectivity index (χ3v) is 4.76. The van der Waals surface area contributed by atoms with Crippen molar-refractivity contribution in [3.05, 3.63) is 66.8 Å². The number of aromatic nitrogens is 3. The van der Waals surface area contributed by atoms with E-state index in [0.29, 0.717) is 36.9 Å². The molecule has 7 nitrogen and oxygen atoms in total. The summed E-state index contributed by atoms with van der Waals surface area (Å²) in [6, 6.07) is 7.23. The molecule has 2 aromatic rings. The summed E-state index contributed by atoms with van der Waals surface area (Å²) >= 11 is 0. The molecule has 1 fully saturated rings. The molecule has 1 atom stereocenters. The van der Waals surface area contributed by atoms with Gasteiger partial charge in [-0.3, -0.25) is 0 Å². The van der Waals surface area contributed by atoms with Gasteiger partial charge in [-0.15, -0.1) is 18.3 Å². The first kappa shape index (κ1) is 23.4. The van der Waals surface area contributed by atoms with Gasteiger partial charge in [0, 0.05) is 5.57 Å². The first-order valence-corrected chi connectivity index (χ1v) is 9.88. The molecule has 1 aromatic carbocycles. The van der Waals surface area contributed by atoms with Gasteiger partial charge < -0.3 is 19.1 Å². The van der Waals surface area contributed by atoms with Crippen molar-refractivity contribution in [2.75, 3.05) is 19.9 Å². The number of hydrogen-bond acceptors (Lipinski definition) is 6. The Morgan fingerprint density at radius 2 is 2.03 bits per heavy atom. The van der Waals surface area contributed by atoms with Crippen molar-refractivity contribution in [2.45, 2.75) is 32.7 Å². The zero-order valence-corrected chi connectivity index (χ0v) is 18.1. The van der Waals surface area contributed by atoms with E-state index in [-0.39, 0.29) is 5.76 Å². The maximum atomic E-state index is 12.4. The van der Waals surface area contributed by atoms with Crippen LogP contribution in [0.3, 0.4) is 0 Å². The van der Waals surface area contributed by atoms with E-state index >= 15 is 0 Å². The van der Waals surface area contributed by atoms with Crippen LogP contribution in [0.15, 0.2) is 61.2 Å². The highest BCUT2D eigenvalue weighted by atomic mass is 19.4. The standard InChI is InChI=1S/C22H25F3N4O3/c1-5-17(11-16(3)32-22(23,24)25)20-12-29(27-26-20)18-7-9-19(10-8-18)30-14-21(4)13-28(6-2)15-31-21/h5-12H,2,13-15H2,1,3-4H3/b16-11+,17-5+/t21-/m1/s1. The van der Waals surface area contributed by atoms with E-state index in [2.05, 4.69) is 21.6 Å². The molecule has 0 spiro atoms. The van der Waals surface area contributed by atoms with Gasteiger partial charge >= 0.3 is 6.36 Å². The van der Waals surface area contributed by atoms with Crippen molar-refractivity contribution in [2.24, 2.45) is 0 Å². The molecule has 3 rings (SSSR count). The number of ether oxygens (including phenoxy) is 3. The summed E-state index contributed by atoms with van der Waals surface area (Å²) in [4.78, 5) is 1.97. The number of nitrogens with zero attached hydrogens (tertiary/aromatic N) is 4. The number of hydrogen-bond donors (Lipinski definition) is 0. The molecule has 1 aliphatic heterocycles. The van der Waals surface area contributed by atoms with Gasteiger partial charge in [-0.1, -0.05) is 17.9 Å². The van der Waals surface area contributed by atoms with Crippen LogP contribution in [0.5, 0.6) is 5.75 Å². The molecule has 1 aliphatic rings. The highest BCUT2D eigenvalue weighted by molar-refractivity contribution is 5.71. The van der Waals surface area contributed by atoms with E-state index in [1.54, 1.807) is 37.5 Å². The Balaban J connectivity index is 1.65. The molecule has 172 valence electrons. The van der Waals surface area contributed by atoms with Crippen molar-refractivity contribution in [3.63, 3.8) is 0 Å². The second-order valence-electron chi connectivity index (χ2n) is 7.53. The molecule has 0 radical (unpaired) electrons. The van der Waals surface area contributed by atoms with Crippen molar-refractivity contribution >= 4 is 5.57 Å². The maximum Gasteiger partial charge on any atom is 0.572 e. The SMILES string of the molecule is C=CN1CO[C@@](C)(COc2ccc(-n3cc(C(/C=C(\C)OC(F)(F)F)=C/C)nn3)cc2)C1. The van der Waals surface area contributed by atoms with Crippen LogP contribution in [0.25, 0.3) is 11.3 Å².